The van der Waals surface area contributed by atoms with E-state index in [1.54, 1.807) is 0 Å². The largest absolute Gasteiger partial charge is 0.480 e. The summed E-state index contributed by atoms with van der Waals surface area (Å²) in [4.78, 5) is 22.3. The smallest absolute Gasteiger partial charge is 0.328 e. The van der Waals surface area contributed by atoms with Crippen molar-refractivity contribution >= 4 is 11.9 Å². The van der Waals surface area contributed by atoms with Crippen LogP contribution in [0.25, 0.3) is 0 Å². The zero-order chi connectivity index (χ0) is 11.6. The Balaban J connectivity index is 2.45. The first-order valence-corrected chi connectivity index (χ1v) is 4.90. The average molecular weight is 215 g/mol. The minimum atomic E-state index is -1.07. The zero-order valence-corrected chi connectivity index (χ0v) is 9.24. The van der Waals surface area contributed by atoms with Gasteiger partial charge in [0.2, 0.25) is 5.91 Å². The van der Waals surface area contributed by atoms with Crippen LogP contribution in [-0.2, 0) is 14.3 Å². The maximum Gasteiger partial charge on any atom is 0.328 e. The van der Waals surface area contributed by atoms with Crippen LogP contribution in [-0.4, -0.2) is 36.7 Å². The number of methoxy groups -OCH3 is 1. The third kappa shape index (κ3) is 2.92. The van der Waals surface area contributed by atoms with Gasteiger partial charge in [-0.25, -0.2) is 4.79 Å². The van der Waals surface area contributed by atoms with Gasteiger partial charge in [-0.1, -0.05) is 13.8 Å². The van der Waals surface area contributed by atoms with Crippen LogP contribution in [0.4, 0.5) is 0 Å². The van der Waals surface area contributed by atoms with Crippen LogP contribution in [0.1, 0.15) is 20.3 Å². The number of rotatable bonds is 5. The molecule has 1 aliphatic carbocycles. The molecule has 1 amide bonds. The lowest BCUT2D eigenvalue weighted by Crippen LogP contribution is -2.44. The van der Waals surface area contributed by atoms with Crippen molar-refractivity contribution in [2.45, 2.75) is 26.3 Å². The van der Waals surface area contributed by atoms with Crippen LogP contribution in [0.2, 0.25) is 0 Å². The van der Waals surface area contributed by atoms with Crippen molar-refractivity contribution in [2.24, 2.45) is 11.3 Å². The predicted molar refractivity (Wildman–Crippen MR) is 53.3 cm³/mol. The third-order valence-corrected chi connectivity index (χ3v) is 2.78. The highest BCUT2D eigenvalue weighted by molar-refractivity contribution is 5.87. The van der Waals surface area contributed by atoms with Gasteiger partial charge in [-0.2, -0.15) is 0 Å². The van der Waals surface area contributed by atoms with E-state index in [9.17, 15) is 9.59 Å². The standard InChI is InChI=1S/C10H17NO4/c1-10(2)4-6(10)8(12)11-7(5-15-3)9(13)14/h6-7H,4-5H2,1-3H3,(H,11,12)(H,13,14)/t6-,7?/m1/s1. The summed E-state index contributed by atoms with van der Waals surface area (Å²) in [7, 11) is 1.41. The molecule has 0 bridgehead atoms. The molecule has 86 valence electrons. The van der Waals surface area contributed by atoms with E-state index in [2.05, 4.69) is 5.32 Å². The second-order valence-electron chi connectivity index (χ2n) is 4.60. The Morgan fingerprint density at radius 3 is 2.47 bits per heavy atom. The van der Waals surface area contributed by atoms with Crippen LogP contribution in [0, 0.1) is 11.3 Å². The third-order valence-electron chi connectivity index (χ3n) is 2.78. The lowest BCUT2D eigenvalue weighted by molar-refractivity contribution is -0.143. The first-order valence-electron chi connectivity index (χ1n) is 4.90. The Morgan fingerprint density at radius 1 is 1.60 bits per heavy atom. The Kier molecular flexibility index (Phi) is 3.34. The minimum Gasteiger partial charge on any atom is -0.480 e. The fourth-order valence-corrected chi connectivity index (χ4v) is 1.53. The maximum absolute atomic E-state index is 11.6. The molecule has 2 N–H and O–H groups in total. The number of aliphatic carboxylic acids is 1. The Labute approximate surface area is 88.8 Å². The number of hydrogen-bond acceptors (Lipinski definition) is 3. The molecule has 0 radical (unpaired) electrons. The number of ether oxygens (including phenoxy) is 1. The molecule has 0 spiro atoms. The first kappa shape index (κ1) is 12.0. The molecule has 1 rings (SSSR count). The second-order valence-corrected chi connectivity index (χ2v) is 4.60. The molecule has 0 aromatic heterocycles. The number of carboxylic acids is 1. The molecule has 1 saturated carbocycles. The van der Waals surface area contributed by atoms with Crippen molar-refractivity contribution in [2.75, 3.05) is 13.7 Å². The highest BCUT2D eigenvalue weighted by Gasteiger charge is 2.51. The lowest BCUT2D eigenvalue weighted by Gasteiger charge is -2.13. The van der Waals surface area contributed by atoms with Gasteiger partial charge in [0.25, 0.3) is 0 Å². The highest BCUT2D eigenvalue weighted by atomic mass is 16.5. The quantitative estimate of drug-likeness (QED) is 0.689. The molecule has 1 aliphatic rings. The summed E-state index contributed by atoms with van der Waals surface area (Å²) in [5.74, 6) is -1.32. The van der Waals surface area contributed by atoms with E-state index in [1.807, 2.05) is 13.8 Å². The van der Waals surface area contributed by atoms with Gasteiger partial charge in [-0.3, -0.25) is 4.79 Å². The molecule has 5 heteroatoms. The van der Waals surface area contributed by atoms with Gasteiger partial charge in [-0.05, 0) is 11.8 Å². The minimum absolute atomic E-state index is 0.00573. The Hall–Kier alpha value is -1.10. The van der Waals surface area contributed by atoms with E-state index >= 15 is 0 Å². The zero-order valence-electron chi connectivity index (χ0n) is 9.24. The maximum atomic E-state index is 11.6. The summed E-state index contributed by atoms with van der Waals surface area (Å²) in [5, 5.41) is 11.3. The fraction of sp³-hybridized carbons (Fsp3) is 0.800. The molecule has 5 nitrogen and oxygen atoms in total. The van der Waals surface area contributed by atoms with Gasteiger partial charge in [-0.15, -0.1) is 0 Å². The topological polar surface area (TPSA) is 75.6 Å². The summed E-state index contributed by atoms with van der Waals surface area (Å²) in [6.07, 6.45) is 0.818. The van der Waals surface area contributed by atoms with Gasteiger partial charge < -0.3 is 15.2 Å². The molecule has 2 atom stereocenters. The molecule has 0 aliphatic heterocycles. The van der Waals surface area contributed by atoms with Crippen molar-refractivity contribution in [1.82, 2.24) is 5.32 Å². The van der Waals surface area contributed by atoms with Gasteiger partial charge >= 0.3 is 5.97 Å². The van der Waals surface area contributed by atoms with Crippen LogP contribution in [0.3, 0.4) is 0 Å². The van der Waals surface area contributed by atoms with Crippen molar-refractivity contribution in [3.05, 3.63) is 0 Å². The number of amides is 1. The van der Waals surface area contributed by atoms with Crippen LogP contribution >= 0.6 is 0 Å². The SMILES string of the molecule is COCC(NC(=O)[C@H]1CC1(C)C)C(=O)O. The molecule has 1 fully saturated rings. The fourth-order valence-electron chi connectivity index (χ4n) is 1.53. The first-order chi connectivity index (χ1) is 6.88. The number of nitrogens with one attached hydrogen (secondary N) is 1. The van der Waals surface area contributed by atoms with E-state index in [-0.39, 0.29) is 23.8 Å². The summed E-state index contributed by atoms with van der Waals surface area (Å²) in [5.41, 5.74) is 0.0141. The average Bonchev–Trinajstić information content (AvgIpc) is 2.74. The second kappa shape index (κ2) is 4.18. The number of hydrogen-bond donors (Lipinski definition) is 2. The van der Waals surface area contributed by atoms with Crippen molar-refractivity contribution in [3.63, 3.8) is 0 Å². The predicted octanol–water partition coefficient (Wildman–Crippen LogP) is 0.248. The summed E-state index contributed by atoms with van der Waals surface area (Å²) in [6, 6.07) is -0.945. The van der Waals surface area contributed by atoms with Crippen molar-refractivity contribution < 1.29 is 19.4 Å². The van der Waals surface area contributed by atoms with Gasteiger partial charge in [0.05, 0.1) is 6.61 Å². The van der Waals surface area contributed by atoms with E-state index in [0.717, 1.165) is 6.42 Å². The van der Waals surface area contributed by atoms with Gasteiger partial charge in [0, 0.05) is 13.0 Å². The van der Waals surface area contributed by atoms with E-state index in [1.165, 1.54) is 7.11 Å². The van der Waals surface area contributed by atoms with Gasteiger partial charge in [0.15, 0.2) is 6.04 Å². The summed E-state index contributed by atoms with van der Waals surface area (Å²) in [6.45, 7) is 3.97. The molecule has 15 heavy (non-hydrogen) atoms. The van der Waals surface area contributed by atoms with Crippen LogP contribution in [0.15, 0.2) is 0 Å². The number of carbonyl (C=O) groups is 2. The molecule has 0 saturated heterocycles. The summed E-state index contributed by atoms with van der Waals surface area (Å²) < 4.78 is 4.72. The Bertz CT molecular complexity index is 275. The van der Waals surface area contributed by atoms with E-state index in [0.29, 0.717) is 0 Å². The van der Waals surface area contributed by atoms with E-state index in [4.69, 9.17) is 9.84 Å². The molecule has 0 aromatic rings. The summed E-state index contributed by atoms with van der Waals surface area (Å²) >= 11 is 0. The molecule has 0 heterocycles. The molecular formula is C10H17NO4. The Morgan fingerprint density at radius 2 is 2.13 bits per heavy atom. The normalized spacial score (nSPS) is 24.3. The number of carbonyl (C=O) groups excluding carboxylic acids is 1. The highest BCUT2D eigenvalue weighted by Crippen LogP contribution is 2.51. The molecular weight excluding hydrogens is 198 g/mol. The monoisotopic (exact) mass is 215 g/mol. The molecule has 1 unspecified atom stereocenters. The van der Waals surface area contributed by atoms with Crippen molar-refractivity contribution in [1.29, 1.82) is 0 Å². The van der Waals surface area contributed by atoms with Crippen molar-refractivity contribution in [3.8, 4) is 0 Å². The van der Waals surface area contributed by atoms with Crippen LogP contribution in [0.5, 0.6) is 0 Å². The number of carboxylic acid groups (broad SMARTS) is 1. The lowest BCUT2D eigenvalue weighted by atomic mass is 10.1. The van der Waals surface area contributed by atoms with E-state index < -0.39 is 12.0 Å². The van der Waals surface area contributed by atoms with Crippen LogP contribution < -0.4 is 5.32 Å². The van der Waals surface area contributed by atoms with Gasteiger partial charge in [0.1, 0.15) is 0 Å². The molecule has 0 aromatic carbocycles.